The summed E-state index contributed by atoms with van der Waals surface area (Å²) in [5.74, 6) is -1.20. The van der Waals surface area contributed by atoms with Gasteiger partial charge in [-0.3, -0.25) is 14.9 Å². The SMILES string of the molecule is COc1ccc(OC(=O)CSc2cccc(C(F)(F)F)c2)c([N+](=O)[O-])c1. The van der Waals surface area contributed by atoms with Gasteiger partial charge < -0.3 is 9.47 Å². The van der Waals surface area contributed by atoms with Crippen LogP contribution < -0.4 is 9.47 Å². The van der Waals surface area contributed by atoms with Crippen molar-refractivity contribution in [1.29, 1.82) is 0 Å². The van der Waals surface area contributed by atoms with E-state index in [1.807, 2.05) is 0 Å². The van der Waals surface area contributed by atoms with Crippen molar-refractivity contribution in [2.75, 3.05) is 12.9 Å². The second kappa shape index (κ2) is 8.09. The molecule has 2 rings (SSSR count). The van der Waals surface area contributed by atoms with Crippen LogP contribution in [0.5, 0.6) is 11.5 Å². The number of halogens is 3. The standard InChI is InChI=1S/C16H12F3NO5S/c1-24-11-5-6-14(13(8-11)20(22)23)25-15(21)9-26-12-4-2-3-10(7-12)16(17,18)19/h2-8H,9H2,1H3. The lowest BCUT2D eigenvalue weighted by Crippen LogP contribution is -2.12. The molecule has 0 bridgehead atoms. The van der Waals surface area contributed by atoms with Crippen molar-refractivity contribution in [2.45, 2.75) is 11.1 Å². The second-order valence-corrected chi connectivity index (χ2v) is 5.93. The Hall–Kier alpha value is -2.75. The number of ether oxygens (including phenoxy) is 2. The molecule has 0 saturated carbocycles. The van der Waals surface area contributed by atoms with Crippen molar-refractivity contribution in [1.82, 2.24) is 0 Å². The Morgan fingerprint density at radius 3 is 2.58 bits per heavy atom. The molecule has 138 valence electrons. The van der Waals surface area contributed by atoms with Crippen molar-refractivity contribution in [3.63, 3.8) is 0 Å². The fourth-order valence-electron chi connectivity index (χ4n) is 1.91. The fraction of sp³-hybridized carbons (Fsp3) is 0.188. The van der Waals surface area contributed by atoms with Gasteiger partial charge in [0.1, 0.15) is 5.75 Å². The average Bonchev–Trinajstić information content (AvgIpc) is 2.59. The molecule has 0 aromatic heterocycles. The van der Waals surface area contributed by atoms with Crippen LogP contribution in [0, 0.1) is 10.1 Å². The Morgan fingerprint density at radius 1 is 1.23 bits per heavy atom. The van der Waals surface area contributed by atoms with Gasteiger partial charge in [0.15, 0.2) is 0 Å². The molecule has 0 amide bonds. The molecule has 6 nitrogen and oxygen atoms in total. The van der Waals surface area contributed by atoms with E-state index in [0.717, 1.165) is 30.0 Å². The van der Waals surface area contributed by atoms with E-state index in [4.69, 9.17) is 9.47 Å². The van der Waals surface area contributed by atoms with Crippen LogP contribution in [0.2, 0.25) is 0 Å². The number of hydrogen-bond acceptors (Lipinski definition) is 6. The molecule has 0 unspecified atom stereocenters. The van der Waals surface area contributed by atoms with Crippen LogP contribution in [-0.2, 0) is 11.0 Å². The van der Waals surface area contributed by atoms with Crippen LogP contribution in [0.3, 0.4) is 0 Å². The molecule has 0 saturated heterocycles. The van der Waals surface area contributed by atoms with Crippen LogP contribution in [0.4, 0.5) is 18.9 Å². The number of rotatable bonds is 6. The number of hydrogen-bond donors (Lipinski definition) is 0. The highest BCUT2D eigenvalue weighted by molar-refractivity contribution is 8.00. The second-order valence-electron chi connectivity index (χ2n) is 4.88. The zero-order valence-corrected chi connectivity index (χ0v) is 14.1. The number of nitro benzene ring substituents is 1. The van der Waals surface area contributed by atoms with Gasteiger partial charge in [-0.05, 0) is 30.3 Å². The lowest BCUT2D eigenvalue weighted by atomic mass is 10.2. The molecular weight excluding hydrogens is 375 g/mol. The lowest BCUT2D eigenvalue weighted by Gasteiger charge is -2.09. The number of carbonyl (C=O) groups excluding carboxylic acids is 1. The van der Waals surface area contributed by atoms with Crippen LogP contribution in [-0.4, -0.2) is 23.8 Å². The van der Waals surface area contributed by atoms with Gasteiger partial charge in [0, 0.05) is 4.90 Å². The van der Waals surface area contributed by atoms with Crippen molar-refractivity contribution in [3.8, 4) is 11.5 Å². The Kier molecular flexibility index (Phi) is 6.09. The molecular formula is C16H12F3NO5S. The summed E-state index contributed by atoms with van der Waals surface area (Å²) < 4.78 is 47.8. The molecule has 0 aliphatic carbocycles. The summed E-state index contributed by atoms with van der Waals surface area (Å²) in [7, 11) is 1.33. The topological polar surface area (TPSA) is 78.7 Å². The van der Waals surface area contributed by atoms with E-state index >= 15 is 0 Å². The number of thioether (sulfide) groups is 1. The smallest absolute Gasteiger partial charge is 0.416 e. The van der Waals surface area contributed by atoms with E-state index in [2.05, 4.69) is 0 Å². The third kappa shape index (κ3) is 5.12. The molecule has 0 heterocycles. The fourth-order valence-corrected chi connectivity index (χ4v) is 2.64. The lowest BCUT2D eigenvalue weighted by molar-refractivity contribution is -0.385. The number of nitro groups is 1. The minimum absolute atomic E-state index is 0.217. The average molecular weight is 387 g/mol. The monoisotopic (exact) mass is 387 g/mol. The molecule has 0 radical (unpaired) electrons. The van der Waals surface area contributed by atoms with Crippen LogP contribution >= 0.6 is 11.8 Å². The molecule has 2 aromatic rings. The van der Waals surface area contributed by atoms with Gasteiger partial charge in [0.05, 0.1) is 29.4 Å². The van der Waals surface area contributed by atoms with Gasteiger partial charge in [0.25, 0.3) is 0 Å². The maximum Gasteiger partial charge on any atom is 0.416 e. The van der Waals surface area contributed by atoms with Crippen molar-refractivity contribution in [3.05, 3.63) is 58.1 Å². The van der Waals surface area contributed by atoms with E-state index in [1.54, 1.807) is 0 Å². The largest absolute Gasteiger partial charge is 0.496 e. The summed E-state index contributed by atoms with van der Waals surface area (Å²) in [5, 5.41) is 11.0. The first-order chi connectivity index (χ1) is 12.2. The zero-order valence-electron chi connectivity index (χ0n) is 13.3. The first kappa shape index (κ1) is 19.6. The third-order valence-corrected chi connectivity index (χ3v) is 4.07. The highest BCUT2D eigenvalue weighted by Gasteiger charge is 2.30. The molecule has 0 aliphatic rings. The van der Waals surface area contributed by atoms with Gasteiger partial charge in [-0.1, -0.05) is 6.07 Å². The number of esters is 1. The minimum Gasteiger partial charge on any atom is -0.496 e. The van der Waals surface area contributed by atoms with Gasteiger partial charge in [-0.15, -0.1) is 11.8 Å². The Morgan fingerprint density at radius 2 is 1.96 bits per heavy atom. The quantitative estimate of drug-likeness (QED) is 0.242. The Labute approximate surface area is 150 Å². The van der Waals surface area contributed by atoms with Crippen molar-refractivity contribution >= 4 is 23.4 Å². The molecule has 26 heavy (non-hydrogen) atoms. The predicted octanol–water partition coefficient (Wildman–Crippen LogP) is 4.32. The molecule has 0 spiro atoms. The highest BCUT2D eigenvalue weighted by Crippen LogP contribution is 2.33. The molecule has 10 heteroatoms. The van der Waals surface area contributed by atoms with E-state index in [0.29, 0.717) is 0 Å². The van der Waals surface area contributed by atoms with Crippen LogP contribution in [0.1, 0.15) is 5.56 Å². The zero-order chi connectivity index (χ0) is 19.3. The number of carbonyl (C=O) groups is 1. The van der Waals surface area contributed by atoms with Gasteiger partial charge in [-0.25, -0.2) is 0 Å². The number of benzene rings is 2. The summed E-state index contributed by atoms with van der Waals surface area (Å²) in [6.45, 7) is 0. The molecule has 2 aromatic carbocycles. The minimum atomic E-state index is -4.49. The Balaban J connectivity index is 2.05. The summed E-state index contributed by atoms with van der Waals surface area (Å²) in [5.41, 5.74) is -1.29. The predicted molar refractivity (Wildman–Crippen MR) is 87.5 cm³/mol. The molecule has 0 fully saturated rings. The first-order valence-corrected chi connectivity index (χ1v) is 8.02. The van der Waals surface area contributed by atoms with Crippen LogP contribution in [0.15, 0.2) is 47.4 Å². The summed E-state index contributed by atoms with van der Waals surface area (Å²) in [6.07, 6.45) is -4.49. The summed E-state index contributed by atoms with van der Waals surface area (Å²) >= 11 is 0.831. The van der Waals surface area contributed by atoms with Crippen molar-refractivity contribution < 1.29 is 32.4 Å². The number of nitrogens with zero attached hydrogens (tertiary/aromatic N) is 1. The van der Waals surface area contributed by atoms with Gasteiger partial charge >= 0.3 is 17.8 Å². The van der Waals surface area contributed by atoms with E-state index < -0.39 is 28.3 Å². The third-order valence-electron chi connectivity index (χ3n) is 3.10. The maximum absolute atomic E-state index is 12.7. The first-order valence-electron chi connectivity index (χ1n) is 7.04. The van der Waals surface area contributed by atoms with Gasteiger partial charge in [0.2, 0.25) is 5.75 Å². The normalized spacial score (nSPS) is 11.1. The Bertz CT molecular complexity index is 826. The molecule has 0 atom stereocenters. The van der Waals surface area contributed by atoms with Gasteiger partial charge in [-0.2, -0.15) is 13.2 Å². The number of methoxy groups -OCH3 is 1. The highest BCUT2D eigenvalue weighted by atomic mass is 32.2. The molecule has 0 aliphatic heterocycles. The summed E-state index contributed by atoms with van der Waals surface area (Å²) in [6, 6.07) is 8.17. The molecule has 0 N–H and O–H groups in total. The van der Waals surface area contributed by atoms with E-state index in [9.17, 15) is 28.1 Å². The van der Waals surface area contributed by atoms with Crippen molar-refractivity contribution in [2.24, 2.45) is 0 Å². The van der Waals surface area contributed by atoms with Crippen LogP contribution in [0.25, 0.3) is 0 Å². The maximum atomic E-state index is 12.7. The number of alkyl halides is 3. The van der Waals surface area contributed by atoms with E-state index in [-0.39, 0.29) is 22.1 Å². The van der Waals surface area contributed by atoms with E-state index in [1.165, 1.54) is 31.4 Å². The summed E-state index contributed by atoms with van der Waals surface area (Å²) in [4.78, 5) is 22.4.